The van der Waals surface area contributed by atoms with Crippen LogP contribution in [-0.4, -0.2) is 29.3 Å². The molecule has 1 atom stereocenters. The summed E-state index contributed by atoms with van der Waals surface area (Å²) in [5.41, 5.74) is 1.50. The van der Waals surface area contributed by atoms with Crippen molar-refractivity contribution >= 4 is 11.8 Å². The van der Waals surface area contributed by atoms with Crippen LogP contribution < -0.4 is 4.74 Å². The van der Waals surface area contributed by atoms with Crippen LogP contribution in [0.3, 0.4) is 0 Å². The Bertz CT molecular complexity index is 341. The van der Waals surface area contributed by atoms with Gasteiger partial charge in [-0.05, 0) is 23.1 Å². The number of ether oxygens (including phenoxy) is 1. The van der Waals surface area contributed by atoms with E-state index in [0.29, 0.717) is 6.61 Å². The molecule has 1 aromatic carbocycles. The zero-order valence-corrected chi connectivity index (χ0v) is 12.6. The number of rotatable bonds is 6. The van der Waals surface area contributed by atoms with Gasteiger partial charge in [-0.1, -0.05) is 39.8 Å². The van der Waals surface area contributed by atoms with Gasteiger partial charge < -0.3 is 9.84 Å². The third kappa shape index (κ3) is 5.32. The molecule has 0 radical (unpaired) electrons. The molecule has 0 fully saturated rings. The summed E-state index contributed by atoms with van der Waals surface area (Å²) in [5, 5.41) is 9.18. The summed E-state index contributed by atoms with van der Waals surface area (Å²) in [6.07, 6.45) is 0. The van der Waals surface area contributed by atoms with Gasteiger partial charge in [-0.2, -0.15) is 11.8 Å². The lowest BCUT2D eigenvalue weighted by molar-refractivity contribution is 0.299. The van der Waals surface area contributed by atoms with E-state index in [-0.39, 0.29) is 17.3 Å². The largest absolute Gasteiger partial charge is 0.493 e. The van der Waals surface area contributed by atoms with E-state index in [1.807, 2.05) is 19.1 Å². The highest BCUT2D eigenvalue weighted by Gasteiger charge is 2.12. The van der Waals surface area contributed by atoms with Crippen LogP contribution in [0.15, 0.2) is 24.3 Å². The minimum absolute atomic E-state index is 0.185. The topological polar surface area (TPSA) is 29.5 Å². The number of benzene rings is 1. The van der Waals surface area contributed by atoms with E-state index in [4.69, 9.17) is 9.84 Å². The molecule has 1 rings (SSSR count). The Morgan fingerprint density at radius 2 is 1.83 bits per heavy atom. The number of thioether (sulfide) groups is 1. The number of hydrogen-bond acceptors (Lipinski definition) is 3. The summed E-state index contributed by atoms with van der Waals surface area (Å²) in [6.45, 7) is 9.54. The Balaban J connectivity index is 2.36. The molecule has 0 aliphatic carbocycles. The molecule has 0 heterocycles. The number of aliphatic hydroxyl groups excluding tert-OH is 1. The molecule has 0 aromatic heterocycles. The third-order valence-corrected chi connectivity index (χ3v) is 3.85. The number of hydrogen-bond donors (Lipinski definition) is 1. The lowest BCUT2D eigenvalue weighted by Gasteiger charge is -2.19. The van der Waals surface area contributed by atoms with Crippen molar-refractivity contribution in [1.29, 1.82) is 0 Å². The first kappa shape index (κ1) is 15.4. The van der Waals surface area contributed by atoms with Crippen LogP contribution >= 0.6 is 11.8 Å². The Kier molecular flexibility index (Phi) is 6.03. The van der Waals surface area contributed by atoms with Crippen LogP contribution in [0.25, 0.3) is 0 Å². The normalized spacial score (nSPS) is 13.4. The highest BCUT2D eigenvalue weighted by atomic mass is 32.2. The van der Waals surface area contributed by atoms with Gasteiger partial charge >= 0.3 is 0 Å². The van der Waals surface area contributed by atoms with E-state index in [1.54, 1.807) is 11.8 Å². The molecule has 0 saturated heterocycles. The van der Waals surface area contributed by atoms with E-state index < -0.39 is 0 Å². The van der Waals surface area contributed by atoms with Crippen LogP contribution in [0.4, 0.5) is 0 Å². The summed E-state index contributed by atoms with van der Waals surface area (Å²) in [7, 11) is 0. The summed E-state index contributed by atoms with van der Waals surface area (Å²) in [6, 6.07) is 8.30. The zero-order chi connectivity index (χ0) is 13.6. The molecule has 1 aromatic rings. The van der Waals surface area contributed by atoms with Gasteiger partial charge in [0.25, 0.3) is 0 Å². The molecule has 0 aliphatic heterocycles. The first-order valence-corrected chi connectivity index (χ1v) is 7.44. The van der Waals surface area contributed by atoms with Crippen molar-refractivity contribution in [1.82, 2.24) is 0 Å². The van der Waals surface area contributed by atoms with Gasteiger partial charge in [-0.25, -0.2) is 0 Å². The molecule has 1 unspecified atom stereocenters. The van der Waals surface area contributed by atoms with Gasteiger partial charge in [0.1, 0.15) is 5.75 Å². The minimum atomic E-state index is 0.185. The molecule has 0 saturated carbocycles. The highest BCUT2D eigenvalue weighted by Crippen LogP contribution is 2.24. The molecule has 0 amide bonds. The van der Waals surface area contributed by atoms with E-state index in [2.05, 4.69) is 32.9 Å². The fourth-order valence-electron chi connectivity index (χ4n) is 1.51. The summed E-state index contributed by atoms with van der Waals surface area (Å²) < 4.78 is 5.67. The van der Waals surface area contributed by atoms with Gasteiger partial charge in [-0.3, -0.25) is 0 Å². The van der Waals surface area contributed by atoms with Crippen LogP contribution in [-0.2, 0) is 5.41 Å². The average molecular weight is 268 g/mol. The van der Waals surface area contributed by atoms with Crippen molar-refractivity contribution in [2.45, 2.75) is 38.4 Å². The van der Waals surface area contributed by atoms with Crippen LogP contribution in [0, 0.1) is 0 Å². The molecule has 3 heteroatoms. The first-order valence-electron chi connectivity index (χ1n) is 6.39. The second kappa shape index (κ2) is 7.05. The standard InChI is InChI=1S/C15H24O2S/c1-12(11-16)18-10-9-17-14-7-5-13(6-8-14)15(2,3)4/h5-8,12,16H,9-11H2,1-4H3. The maximum atomic E-state index is 8.90. The van der Waals surface area contributed by atoms with E-state index >= 15 is 0 Å². The zero-order valence-electron chi connectivity index (χ0n) is 11.8. The van der Waals surface area contributed by atoms with Crippen LogP contribution in [0.2, 0.25) is 0 Å². The van der Waals surface area contributed by atoms with Crippen molar-refractivity contribution in [3.05, 3.63) is 29.8 Å². The maximum Gasteiger partial charge on any atom is 0.119 e. The van der Waals surface area contributed by atoms with Gasteiger partial charge in [0.05, 0.1) is 13.2 Å². The molecule has 1 N–H and O–H groups in total. The van der Waals surface area contributed by atoms with E-state index in [9.17, 15) is 0 Å². The second-order valence-electron chi connectivity index (χ2n) is 5.49. The van der Waals surface area contributed by atoms with Crippen molar-refractivity contribution in [3.63, 3.8) is 0 Å². The molecule has 0 spiro atoms. The van der Waals surface area contributed by atoms with Crippen molar-refractivity contribution in [3.8, 4) is 5.75 Å². The lowest BCUT2D eigenvalue weighted by Crippen LogP contribution is -2.11. The maximum absolute atomic E-state index is 8.90. The smallest absolute Gasteiger partial charge is 0.119 e. The third-order valence-electron chi connectivity index (χ3n) is 2.73. The number of aliphatic hydroxyl groups is 1. The van der Waals surface area contributed by atoms with E-state index in [0.717, 1.165) is 11.5 Å². The summed E-state index contributed by atoms with van der Waals surface area (Å²) >= 11 is 1.73. The summed E-state index contributed by atoms with van der Waals surface area (Å²) in [4.78, 5) is 0. The predicted molar refractivity (Wildman–Crippen MR) is 79.6 cm³/mol. The van der Waals surface area contributed by atoms with Crippen LogP contribution in [0.5, 0.6) is 5.75 Å². The average Bonchev–Trinajstić information content (AvgIpc) is 2.33. The van der Waals surface area contributed by atoms with Crippen molar-refractivity contribution in [2.24, 2.45) is 0 Å². The Morgan fingerprint density at radius 3 is 2.33 bits per heavy atom. The van der Waals surface area contributed by atoms with Gasteiger partial charge in [-0.15, -0.1) is 0 Å². The molecular formula is C15H24O2S. The second-order valence-corrected chi connectivity index (χ2v) is 7.03. The van der Waals surface area contributed by atoms with E-state index in [1.165, 1.54) is 5.56 Å². The Morgan fingerprint density at radius 1 is 1.22 bits per heavy atom. The lowest BCUT2D eigenvalue weighted by atomic mass is 9.87. The molecule has 0 aliphatic rings. The first-order chi connectivity index (χ1) is 8.43. The fourth-order valence-corrected chi connectivity index (χ4v) is 2.20. The fraction of sp³-hybridized carbons (Fsp3) is 0.600. The predicted octanol–water partition coefficient (Wildman–Crippen LogP) is 3.48. The molecule has 102 valence electrons. The van der Waals surface area contributed by atoms with Crippen molar-refractivity contribution < 1.29 is 9.84 Å². The van der Waals surface area contributed by atoms with Crippen molar-refractivity contribution in [2.75, 3.05) is 19.0 Å². The molecule has 0 bridgehead atoms. The molecule has 2 nitrogen and oxygen atoms in total. The quantitative estimate of drug-likeness (QED) is 0.801. The Labute approximate surface area is 115 Å². The Hall–Kier alpha value is -0.670. The highest BCUT2D eigenvalue weighted by molar-refractivity contribution is 7.99. The van der Waals surface area contributed by atoms with Gasteiger partial charge in [0, 0.05) is 11.0 Å². The molecular weight excluding hydrogens is 244 g/mol. The van der Waals surface area contributed by atoms with Crippen LogP contribution in [0.1, 0.15) is 33.3 Å². The van der Waals surface area contributed by atoms with Gasteiger partial charge in [0.15, 0.2) is 0 Å². The SMILES string of the molecule is CC(CO)SCCOc1ccc(C(C)(C)C)cc1. The minimum Gasteiger partial charge on any atom is -0.493 e. The molecule has 18 heavy (non-hydrogen) atoms. The monoisotopic (exact) mass is 268 g/mol. The summed E-state index contributed by atoms with van der Waals surface area (Å²) in [5.74, 6) is 1.82. The van der Waals surface area contributed by atoms with Gasteiger partial charge in [0.2, 0.25) is 0 Å².